The van der Waals surface area contributed by atoms with E-state index < -0.39 is 0 Å². The van der Waals surface area contributed by atoms with Crippen molar-refractivity contribution >= 4 is 5.69 Å². The molecule has 0 aromatic carbocycles. The average molecular weight is 235 g/mol. The maximum absolute atomic E-state index is 9.34. The van der Waals surface area contributed by atoms with Gasteiger partial charge >= 0.3 is 0 Å². The molecular weight excluding hydrogens is 214 g/mol. The lowest BCUT2D eigenvalue weighted by Crippen LogP contribution is -2.52. The Labute approximate surface area is 103 Å². The highest BCUT2D eigenvalue weighted by atomic mass is 16.3. The average Bonchev–Trinajstić information content (AvgIpc) is 2.38. The third-order valence-electron chi connectivity index (χ3n) is 3.56. The van der Waals surface area contributed by atoms with Gasteiger partial charge in [0.05, 0.1) is 6.61 Å². The van der Waals surface area contributed by atoms with Crippen LogP contribution in [-0.4, -0.2) is 47.2 Å². The lowest BCUT2D eigenvalue weighted by molar-refractivity contribution is 0.199. The van der Waals surface area contributed by atoms with Crippen LogP contribution in [0.5, 0.6) is 0 Å². The van der Waals surface area contributed by atoms with Crippen LogP contribution in [0, 0.1) is 0 Å². The fourth-order valence-electron chi connectivity index (χ4n) is 2.53. The summed E-state index contributed by atoms with van der Waals surface area (Å²) < 4.78 is 0. The van der Waals surface area contributed by atoms with Gasteiger partial charge < -0.3 is 10.0 Å². The maximum Gasteiger partial charge on any atom is 0.0717 e. The largest absolute Gasteiger partial charge is 0.392 e. The molecule has 1 fully saturated rings. The molecule has 0 saturated carbocycles. The van der Waals surface area contributed by atoms with Gasteiger partial charge in [-0.2, -0.15) is 0 Å². The minimum absolute atomic E-state index is 0.0611. The fraction of sp³-hybridized carbons (Fsp3) is 0.615. The molecule has 94 valence electrons. The van der Waals surface area contributed by atoms with Crippen molar-refractivity contribution in [1.82, 2.24) is 9.88 Å². The van der Waals surface area contributed by atoms with E-state index in [1.165, 1.54) is 0 Å². The molecule has 1 N–H and O–H groups in total. The first-order valence-electron chi connectivity index (χ1n) is 6.29. The summed E-state index contributed by atoms with van der Waals surface area (Å²) in [6, 6.07) is 2.56. The monoisotopic (exact) mass is 235 g/mol. The summed E-state index contributed by atoms with van der Waals surface area (Å²) in [6.07, 6.45) is 3.55. The first-order chi connectivity index (χ1) is 8.26. The second-order valence-electron chi connectivity index (χ2n) is 4.59. The first kappa shape index (κ1) is 12.3. The van der Waals surface area contributed by atoms with Crippen LogP contribution in [0.3, 0.4) is 0 Å². The van der Waals surface area contributed by atoms with Gasteiger partial charge in [0.1, 0.15) is 0 Å². The number of aromatic nitrogens is 1. The first-order valence-corrected chi connectivity index (χ1v) is 6.29. The molecule has 0 spiro atoms. The molecular formula is C13H21N3O. The Morgan fingerprint density at radius 1 is 1.47 bits per heavy atom. The van der Waals surface area contributed by atoms with Crippen LogP contribution in [0.2, 0.25) is 0 Å². The topological polar surface area (TPSA) is 39.6 Å². The van der Waals surface area contributed by atoms with Gasteiger partial charge in [0.25, 0.3) is 0 Å². The molecule has 0 aliphatic carbocycles. The van der Waals surface area contributed by atoms with Gasteiger partial charge in [-0.25, -0.2) is 0 Å². The van der Waals surface area contributed by atoms with Gasteiger partial charge in [0.2, 0.25) is 0 Å². The fourth-order valence-corrected chi connectivity index (χ4v) is 2.53. The summed E-state index contributed by atoms with van der Waals surface area (Å²) in [5.41, 5.74) is 2.05. The van der Waals surface area contributed by atoms with Gasteiger partial charge in [0.15, 0.2) is 0 Å². The van der Waals surface area contributed by atoms with Crippen LogP contribution in [-0.2, 0) is 6.61 Å². The highest BCUT2D eigenvalue weighted by molar-refractivity contribution is 5.52. The summed E-state index contributed by atoms with van der Waals surface area (Å²) >= 11 is 0. The van der Waals surface area contributed by atoms with E-state index in [1.807, 2.05) is 6.07 Å². The molecule has 1 unspecified atom stereocenters. The van der Waals surface area contributed by atoms with Crippen LogP contribution >= 0.6 is 0 Å². The molecule has 2 rings (SSSR count). The third-order valence-corrected chi connectivity index (χ3v) is 3.56. The molecule has 1 saturated heterocycles. The molecule has 1 aliphatic rings. The van der Waals surface area contributed by atoms with Crippen molar-refractivity contribution < 1.29 is 5.11 Å². The normalized spacial score (nSPS) is 21.8. The molecule has 4 nitrogen and oxygen atoms in total. The van der Waals surface area contributed by atoms with E-state index in [1.54, 1.807) is 12.4 Å². The molecule has 0 amide bonds. The molecule has 1 aromatic heterocycles. The Kier molecular flexibility index (Phi) is 3.97. The van der Waals surface area contributed by atoms with E-state index in [0.29, 0.717) is 6.04 Å². The number of rotatable bonds is 3. The van der Waals surface area contributed by atoms with Crippen molar-refractivity contribution in [3.8, 4) is 0 Å². The number of hydrogen-bond acceptors (Lipinski definition) is 4. The number of aliphatic hydroxyl groups excluding tert-OH is 1. The van der Waals surface area contributed by atoms with Gasteiger partial charge in [-0.3, -0.25) is 9.88 Å². The Balaban J connectivity index is 2.13. The Morgan fingerprint density at radius 2 is 2.29 bits per heavy atom. The zero-order valence-electron chi connectivity index (χ0n) is 10.6. The van der Waals surface area contributed by atoms with Crippen LogP contribution < -0.4 is 4.90 Å². The summed E-state index contributed by atoms with van der Waals surface area (Å²) in [7, 11) is 0. The van der Waals surface area contributed by atoms with E-state index in [2.05, 4.69) is 28.6 Å². The quantitative estimate of drug-likeness (QED) is 0.852. The molecule has 0 radical (unpaired) electrons. The molecule has 4 heteroatoms. The van der Waals surface area contributed by atoms with Gasteiger partial charge in [0, 0.05) is 49.3 Å². The van der Waals surface area contributed by atoms with Crippen LogP contribution in [0.25, 0.3) is 0 Å². The summed E-state index contributed by atoms with van der Waals surface area (Å²) in [5.74, 6) is 0. The minimum Gasteiger partial charge on any atom is -0.392 e. The third kappa shape index (κ3) is 2.58. The standard InChI is InChI=1S/C13H21N3O/c1-3-15-6-7-16(9-11(15)2)13-4-5-14-8-12(13)10-17/h4-5,8,11,17H,3,6-7,9-10H2,1-2H3. The van der Waals surface area contributed by atoms with E-state index in [4.69, 9.17) is 0 Å². The summed E-state index contributed by atoms with van der Waals surface area (Å²) in [5, 5.41) is 9.34. The smallest absolute Gasteiger partial charge is 0.0717 e. The maximum atomic E-state index is 9.34. The SMILES string of the molecule is CCN1CCN(c2ccncc2CO)CC1C. The number of piperazine rings is 1. The number of nitrogens with zero attached hydrogens (tertiary/aromatic N) is 3. The van der Waals surface area contributed by atoms with Gasteiger partial charge in [-0.15, -0.1) is 0 Å². The highest BCUT2D eigenvalue weighted by Gasteiger charge is 2.23. The molecule has 2 heterocycles. The van der Waals surface area contributed by atoms with E-state index >= 15 is 0 Å². The minimum atomic E-state index is 0.0611. The number of aliphatic hydroxyl groups is 1. The molecule has 17 heavy (non-hydrogen) atoms. The molecule has 1 aromatic rings. The molecule has 1 atom stereocenters. The van der Waals surface area contributed by atoms with Crippen molar-refractivity contribution in [2.75, 3.05) is 31.1 Å². The highest BCUT2D eigenvalue weighted by Crippen LogP contribution is 2.22. The van der Waals surface area contributed by atoms with Crippen molar-refractivity contribution in [3.63, 3.8) is 0 Å². The Hall–Kier alpha value is -1.13. The predicted octanol–water partition coefficient (Wildman–Crippen LogP) is 1.10. The van der Waals surface area contributed by atoms with E-state index in [-0.39, 0.29) is 6.61 Å². The lowest BCUT2D eigenvalue weighted by atomic mass is 10.1. The predicted molar refractivity (Wildman–Crippen MR) is 69.1 cm³/mol. The number of anilines is 1. The Bertz CT molecular complexity index is 369. The second kappa shape index (κ2) is 5.47. The number of likely N-dealkylation sites (N-methyl/N-ethyl adjacent to an activating group) is 1. The van der Waals surface area contributed by atoms with Gasteiger partial charge in [-0.1, -0.05) is 6.92 Å². The molecule has 1 aliphatic heterocycles. The summed E-state index contributed by atoms with van der Waals surface area (Å²) in [4.78, 5) is 8.90. The van der Waals surface area contributed by atoms with Crippen molar-refractivity contribution in [1.29, 1.82) is 0 Å². The zero-order chi connectivity index (χ0) is 12.3. The van der Waals surface area contributed by atoms with Crippen LogP contribution in [0.4, 0.5) is 5.69 Å². The van der Waals surface area contributed by atoms with Crippen molar-refractivity contribution in [2.45, 2.75) is 26.5 Å². The van der Waals surface area contributed by atoms with Crippen molar-refractivity contribution in [2.24, 2.45) is 0 Å². The number of hydrogen-bond donors (Lipinski definition) is 1. The number of pyridine rings is 1. The zero-order valence-corrected chi connectivity index (χ0v) is 10.6. The van der Waals surface area contributed by atoms with E-state index in [9.17, 15) is 5.11 Å². The van der Waals surface area contributed by atoms with Gasteiger partial charge in [-0.05, 0) is 19.5 Å². The molecule has 0 bridgehead atoms. The second-order valence-corrected chi connectivity index (χ2v) is 4.59. The van der Waals surface area contributed by atoms with E-state index in [0.717, 1.165) is 37.4 Å². The Morgan fingerprint density at radius 3 is 2.94 bits per heavy atom. The van der Waals surface area contributed by atoms with Crippen LogP contribution in [0.1, 0.15) is 19.4 Å². The lowest BCUT2D eigenvalue weighted by Gasteiger charge is -2.41. The van der Waals surface area contributed by atoms with Crippen LogP contribution in [0.15, 0.2) is 18.5 Å². The summed E-state index contributed by atoms with van der Waals surface area (Å²) in [6.45, 7) is 8.77. The van der Waals surface area contributed by atoms with Crippen molar-refractivity contribution in [3.05, 3.63) is 24.0 Å².